The van der Waals surface area contributed by atoms with Crippen LogP contribution in [-0.4, -0.2) is 33.7 Å². The molecule has 1 aliphatic heterocycles. The number of hydrazine groups is 1. The van der Waals surface area contributed by atoms with Crippen molar-refractivity contribution < 1.29 is 14.4 Å². The summed E-state index contributed by atoms with van der Waals surface area (Å²) in [6, 6.07) is 18.0. The second kappa shape index (κ2) is 8.65. The Hall–Kier alpha value is -3.87. The normalized spacial score (nSPS) is 13.3. The van der Waals surface area contributed by atoms with Gasteiger partial charge in [0.05, 0.1) is 11.3 Å². The molecule has 1 fully saturated rings. The quantitative estimate of drug-likeness (QED) is 0.644. The predicted octanol–water partition coefficient (Wildman–Crippen LogP) is 2.67. The van der Waals surface area contributed by atoms with E-state index in [4.69, 9.17) is 0 Å². The number of nitrogens with one attached hydrogen (secondary N) is 2. The van der Waals surface area contributed by atoms with Crippen molar-refractivity contribution in [2.75, 3.05) is 6.54 Å². The molecule has 0 atom stereocenters. The Balaban J connectivity index is 1.41. The molecule has 152 valence electrons. The van der Waals surface area contributed by atoms with Crippen LogP contribution in [0, 0.1) is 0 Å². The second-order valence-corrected chi connectivity index (χ2v) is 7.13. The van der Waals surface area contributed by atoms with Crippen molar-refractivity contribution in [3.63, 3.8) is 0 Å². The van der Waals surface area contributed by atoms with Gasteiger partial charge in [0.15, 0.2) is 0 Å². The number of benzene rings is 2. The summed E-state index contributed by atoms with van der Waals surface area (Å²) in [4.78, 5) is 38.8. The molecule has 0 spiro atoms. The number of carbonyl (C=O) groups excluding carboxylic acids is 3. The number of carbonyl (C=O) groups is 3. The fourth-order valence-corrected chi connectivity index (χ4v) is 3.54. The van der Waals surface area contributed by atoms with Crippen LogP contribution in [0.4, 0.5) is 0 Å². The van der Waals surface area contributed by atoms with Gasteiger partial charge in [-0.05, 0) is 48.4 Å². The summed E-state index contributed by atoms with van der Waals surface area (Å²) in [5.74, 6) is -0.693. The third kappa shape index (κ3) is 4.25. The lowest BCUT2D eigenvalue weighted by atomic mass is 10.1. The number of likely N-dealkylation sites (tertiary alicyclic amines) is 1. The lowest BCUT2D eigenvalue weighted by Gasteiger charge is -2.16. The van der Waals surface area contributed by atoms with Crippen LogP contribution in [0.3, 0.4) is 0 Å². The molecule has 7 nitrogen and oxygen atoms in total. The van der Waals surface area contributed by atoms with E-state index in [1.165, 1.54) is 0 Å². The van der Waals surface area contributed by atoms with E-state index in [-0.39, 0.29) is 5.91 Å². The van der Waals surface area contributed by atoms with Gasteiger partial charge >= 0.3 is 0 Å². The number of hydrogen-bond acceptors (Lipinski definition) is 3. The molecular formula is C23H22N4O3. The highest BCUT2D eigenvalue weighted by atomic mass is 16.2. The Bertz CT molecular complexity index is 1080. The number of para-hydroxylation sites is 1. The molecular weight excluding hydrogens is 380 g/mol. The van der Waals surface area contributed by atoms with E-state index in [1.807, 2.05) is 47.3 Å². The van der Waals surface area contributed by atoms with E-state index in [0.717, 1.165) is 18.5 Å². The smallest absolute Gasteiger partial charge is 0.271 e. The van der Waals surface area contributed by atoms with Gasteiger partial charge in [-0.15, -0.1) is 0 Å². The van der Waals surface area contributed by atoms with Crippen LogP contribution in [0.5, 0.6) is 0 Å². The largest absolute Gasteiger partial charge is 0.338 e. The van der Waals surface area contributed by atoms with Crippen molar-refractivity contribution in [3.05, 3.63) is 89.7 Å². The van der Waals surface area contributed by atoms with Crippen LogP contribution < -0.4 is 10.9 Å². The van der Waals surface area contributed by atoms with Gasteiger partial charge < -0.3 is 9.47 Å². The SMILES string of the molecule is O=C(NNC(=O)c1ccccc1-n1cccc1)c1cccc(CN2CCCC2=O)c1. The molecule has 1 aliphatic rings. The molecule has 1 saturated heterocycles. The molecule has 30 heavy (non-hydrogen) atoms. The molecule has 7 heteroatoms. The molecule has 2 heterocycles. The molecule has 3 amide bonds. The summed E-state index contributed by atoms with van der Waals surface area (Å²) >= 11 is 0. The molecule has 3 aromatic rings. The van der Waals surface area contributed by atoms with E-state index in [1.54, 1.807) is 35.2 Å². The van der Waals surface area contributed by atoms with E-state index in [2.05, 4.69) is 10.9 Å². The first-order valence-electron chi connectivity index (χ1n) is 9.81. The molecule has 0 saturated carbocycles. The van der Waals surface area contributed by atoms with Crippen molar-refractivity contribution in [2.45, 2.75) is 19.4 Å². The number of amides is 3. The summed E-state index contributed by atoms with van der Waals surface area (Å²) in [6.45, 7) is 1.22. The molecule has 2 N–H and O–H groups in total. The third-order valence-electron chi connectivity index (χ3n) is 5.05. The van der Waals surface area contributed by atoms with Gasteiger partial charge in [-0.1, -0.05) is 24.3 Å². The Morgan fingerprint density at radius 1 is 0.900 bits per heavy atom. The molecule has 0 bridgehead atoms. The fourth-order valence-electron chi connectivity index (χ4n) is 3.54. The van der Waals surface area contributed by atoms with Crippen molar-refractivity contribution in [1.82, 2.24) is 20.3 Å². The average molecular weight is 402 g/mol. The van der Waals surface area contributed by atoms with Crippen molar-refractivity contribution in [2.24, 2.45) is 0 Å². The van der Waals surface area contributed by atoms with Gasteiger partial charge in [-0.2, -0.15) is 0 Å². The lowest BCUT2D eigenvalue weighted by Crippen LogP contribution is -2.42. The lowest BCUT2D eigenvalue weighted by molar-refractivity contribution is -0.128. The first kappa shape index (κ1) is 19.4. The zero-order valence-electron chi connectivity index (χ0n) is 16.4. The standard InChI is InChI=1S/C23H22N4O3/c28-21-11-6-14-27(21)16-17-7-5-8-18(15-17)22(29)24-25-23(30)19-9-1-2-10-20(19)26-12-3-4-13-26/h1-5,7-10,12-13,15H,6,11,14,16H2,(H,24,29)(H,25,30). The minimum Gasteiger partial charge on any atom is -0.338 e. The summed E-state index contributed by atoms with van der Waals surface area (Å²) < 4.78 is 1.83. The van der Waals surface area contributed by atoms with Gasteiger partial charge in [-0.3, -0.25) is 25.2 Å². The summed E-state index contributed by atoms with van der Waals surface area (Å²) in [5.41, 5.74) is 7.40. The molecule has 0 unspecified atom stereocenters. The number of rotatable bonds is 5. The monoisotopic (exact) mass is 402 g/mol. The zero-order valence-corrected chi connectivity index (χ0v) is 16.4. The molecule has 0 aliphatic carbocycles. The van der Waals surface area contributed by atoms with Gasteiger partial charge in [0, 0.05) is 37.5 Å². The van der Waals surface area contributed by atoms with Crippen molar-refractivity contribution >= 4 is 17.7 Å². The summed E-state index contributed by atoms with van der Waals surface area (Å²) in [6.07, 6.45) is 5.15. The summed E-state index contributed by atoms with van der Waals surface area (Å²) in [7, 11) is 0. The maximum atomic E-state index is 12.6. The zero-order chi connectivity index (χ0) is 20.9. The van der Waals surface area contributed by atoms with Crippen LogP contribution in [0.15, 0.2) is 73.1 Å². The van der Waals surface area contributed by atoms with Crippen molar-refractivity contribution in [1.29, 1.82) is 0 Å². The molecule has 0 radical (unpaired) electrons. The fraction of sp³-hybridized carbons (Fsp3) is 0.174. The predicted molar refractivity (Wildman–Crippen MR) is 112 cm³/mol. The maximum Gasteiger partial charge on any atom is 0.271 e. The minimum absolute atomic E-state index is 0.137. The highest BCUT2D eigenvalue weighted by Crippen LogP contribution is 2.16. The molecule has 2 aromatic carbocycles. The highest BCUT2D eigenvalue weighted by molar-refractivity contribution is 6.01. The van der Waals surface area contributed by atoms with E-state index < -0.39 is 11.8 Å². The number of nitrogens with zero attached hydrogens (tertiary/aromatic N) is 2. The highest BCUT2D eigenvalue weighted by Gasteiger charge is 2.20. The van der Waals surface area contributed by atoms with E-state index in [0.29, 0.717) is 29.8 Å². The topological polar surface area (TPSA) is 83.4 Å². The maximum absolute atomic E-state index is 12.6. The van der Waals surface area contributed by atoms with Crippen LogP contribution in [0.1, 0.15) is 39.1 Å². The summed E-state index contributed by atoms with van der Waals surface area (Å²) in [5, 5.41) is 0. The second-order valence-electron chi connectivity index (χ2n) is 7.13. The molecule has 1 aromatic heterocycles. The first-order chi connectivity index (χ1) is 14.6. The van der Waals surface area contributed by atoms with Gasteiger partial charge in [0.1, 0.15) is 0 Å². The Labute approximate surface area is 174 Å². The van der Waals surface area contributed by atoms with Crippen LogP contribution in [0.2, 0.25) is 0 Å². The minimum atomic E-state index is -0.420. The van der Waals surface area contributed by atoms with Gasteiger partial charge in [0.25, 0.3) is 11.8 Å². The number of hydrogen-bond donors (Lipinski definition) is 2. The van der Waals surface area contributed by atoms with Crippen LogP contribution in [0.25, 0.3) is 5.69 Å². The van der Waals surface area contributed by atoms with E-state index in [9.17, 15) is 14.4 Å². The Kier molecular flexibility index (Phi) is 5.61. The van der Waals surface area contributed by atoms with Crippen molar-refractivity contribution in [3.8, 4) is 5.69 Å². The van der Waals surface area contributed by atoms with Crippen LogP contribution in [-0.2, 0) is 11.3 Å². The van der Waals surface area contributed by atoms with Gasteiger partial charge in [0.2, 0.25) is 5.91 Å². The average Bonchev–Trinajstić information content (AvgIpc) is 3.44. The first-order valence-corrected chi connectivity index (χ1v) is 9.81. The third-order valence-corrected chi connectivity index (χ3v) is 5.05. The van der Waals surface area contributed by atoms with Crippen LogP contribution >= 0.6 is 0 Å². The number of aromatic nitrogens is 1. The Morgan fingerprint density at radius 2 is 1.67 bits per heavy atom. The van der Waals surface area contributed by atoms with E-state index >= 15 is 0 Å². The van der Waals surface area contributed by atoms with Gasteiger partial charge in [-0.25, -0.2) is 0 Å². The Morgan fingerprint density at radius 3 is 2.43 bits per heavy atom. The molecule has 4 rings (SSSR count).